The van der Waals surface area contributed by atoms with Gasteiger partial charge in [-0.3, -0.25) is 0 Å². The van der Waals surface area contributed by atoms with Crippen molar-refractivity contribution in [1.82, 2.24) is 9.97 Å². The highest BCUT2D eigenvalue weighted by Crippen LogP contribution is 2.32. The van der Waals surface area contributed by atoms with Crippen molar-refractivity contribution in [2.45, 2.75) is 12.7 Å². The fourth-order valence-electron chi connectivity index (χ4n) is 2.29. The quantitative estimate of drug-likeness (QED) is 0.765. The van der Waals surface area contributed by atoms with E-state index in [1.54, 1.807) is 24.3 Å². The van der Waals surface area contributed by atoms with Crippen molar-refractivity contribution in [3.8, 4) is 6.07 Å². The third-order valence-electron chi connectivity index (χ3n) is 3.38. The molecule has 0 aliphatic rings. The van der Waals surface area contributed by atoms with E-state index in [0.717, 1.165) is 6.07 Å². The van der Waals surface area contributed by atoms with Crippen LogP contribution in [-0.2, 0) is 12.7 Å². The molecule has 7 heteroatoms. The zero-order chi connectivity index (χ0) is 16.4. The Morgan fingerprint density at radius 3 is 2.70 bits per heavy atom. The lowest BCUT2D eigenvalue weighted by molar-refractivity contribution is -0.138. The number of H-pyrrole nitrogens is 1. The van der Waals surface area contributed by atoms with Crippen molar-refractivity contribution < 1.29 is 13.2 Å². The first-order valence-corrected chi connectivity index (χ1v) is 6.76. The summed E-state index contributed by atoms with van der Waals surface area (Å²) in [5.41, 5.74) is 1.23. The normalized spacial score (nSPS) is 11.4. The minimum atomic E-state index is -4.39. The molecular weight excluding hydrogens is 305 g/mol. The molecule has 3 aromatic rings. The third-order valence-corrected chi connectivity index (χ3v) is 3.38. The summed E-state index contributed by atoms with van der Waals surface area (Å²) in [6, 6.07) is 12.4. The molecule has 0 aliphatic carbocycles. The summed E-state index contributed by atoms with van der Waals surface area (Å²) >= 11 is 0. The predicted molar refractivity (Wildman–Crippen MR) is 79.6 cm³/mol. The molecule has 0 atom stereocenters. The molecule has 0 aliphatic heterocycles. The van der Waals surface area contributed by atoms with Crippen LogP contribution in [-0.4, -0.2) is 9.97 Å². The van der Waals surface area contributed by atoms with Crippen LogP contribution in [0.1, 0.15) is 16.7 Å². The van der Waals surface area contributed by atoms with Crippen LogP contribution in [0.5, 0.6) is 0 Å². The van der Waals surface area contributed by atoms with Gasteiger partial charge in [0.1, 0.15) is 0 Å². The molecule has 0 saturated heterocycles. The molecule has 2 aromatic carbocycles. The number of anilines is 1. The number of rotatable bonds is 3. The van der Waals surface area contributed by atoms with Gasteiger partial charge in [0.25, 0.3) is 0 Å². The summed E-state index contributed by atoms with van der Waals surface area (Å²) in [6.07, 6.45) is -4.39. The highest BCUT2D eigenvalue weighted by Gasteiger charge is 2.32. The first kappa shape index (κ1) is 14.9. The monoisotopic (exact) mass is 316 g/mol. The lowest BCUT2D eigenvalue weighted by atomic mass is 10.1. The third kappa shape index (κ3) is 3.11. The molecular formula is C16H11F3N4. The Labute approximate surface area is 129 Å². The van der Waals surface area contributed by atoms with Gasteiger partial charge >= 0.3 is 6.18 Å². The first-order valence-electron chi connectivity index (χ1n) is 6.76. The van der Waals surface area contributed by atoms with Gasteiger partial charge in [0.05, 0.1) is 28.2 Å². The highest BCUT2D eigenvalue weighted by molar-refractivity contribution is 5.78. The Kier molecular flexibility index (Phi) is 3.66. The SMILES string of the molecule is N#Cc1ccc2nc(NCc3ccccc3C(F)(F)F)[nH]c2c1. The van der Waals surface area contributed by atoms with Crippen LogP contribution in [0.4, 0.5) is 19.1 Å². The van der Waals surface area contributed by atoms with E-state index in [0.29, 0.717) is 22.5 Å². The molecule has 0 spiro atoms. The average molecular weight is 316 g/mol. The Hall–Kier alpha value is -3.01. The Morgan fingerprint density at radius 1 is 1.17 bits per heavy atom. The largest absolute Gasteiger partial charge is 0.416 e. The molecule has 1 aromatic heterocycles. The van der Waals surface area contributed by atoms with Gasteiger partial charge in [-0.1, -0.05) is 18.2 Å². The molecule has 4 nitrogen and oxygen atoms in total. The maximum Gasteiger partial charge on any atom is 0.416 e. The number of hydrogen-bond donors (Lipinski definition) is 2. The molecule has 0 amide bonds. The molecule has 3 rings (SSSR count). The minimum absolute atomic E-state index is 0.0133. The first-order chi connectivity index (χ1) is 11.0. The van der Waals surface area contributed by atoms with Gasteiger partial charge < -0.3 is 10.3 Å². The van der Waals surface area contributed by atoms with Crippen LogP contribution >= 0.6 is 0 Å². The smallest absolute Gasteiger partial charge is 0.352 e. The van der Waals surface area contributed by atoms with E-state index in [9.17, 15) is 13.2 Å². The summed E-state index contributed by atoms with van der Waals surface area (Å²) in [7, 11) is 0. The topological polar surface area (TPSA) is 64.5 Å². The van der Waals surface area contributed by atoms with Crippen molar-refractivity contribution >= 4 is 17.0 Å². The summed E-state index contributed by atoms with van der Waals surface area (Å²) in [5.74, 6) is 0.354. The van der Waals surface area contributed by atoms with Crippen molar-refractivity contribution in [2.75, 3.05) is 5.32 Å². The van der Waals surface area contributed by atoms with Crippen molar-refractivity contribution in [2.24, 2.45) is 0 Å². The van der Waals surface area contributed by atoms with E-state index in [-0.39, 0.29) is 12.1 Å². The number of fused-ring (bicyclic) bond motifs is 1. The van der Waals surface area contributed by atoms with Crippen molar-refractivity contribution in [1.29, 1.82) is 5.26 Å². The number of aromatic nitrogens is 2. The van der Waals surface area contributed by atoms with Crippen LogP contribution in [0, 0.1) is 11.3 Å². The van der Waals surface area contributed by atoms with Gasteiger partial charge in [0.15, 0.2) is 0 Å². The van der Waals surface area contributed by atoms with Gasteiger partial charge in [0, 0.05) is 6.54 Å². The van der Waals surface area contributed by atoms with E-state index in [2.05, 4.69) is 15.3 Å². The summed E-state index contributed by atoms with van der Waals surface area (Å²) < 4.78 is 38.8. The second kappa shape index (κ2) is 5.65. The maximum absolute atomic E-state index is 12.9. The van der Waals surface area contributed by atoms with Crippen molar-refractivity contribution in [3.05, 3.63) is 59.2 Å². The van der Waals surface area contributed by atoms with Crippen LogP contribution in [0.3, 0.4) is 0 Å². The van der Waals surface area contributed by atoms with Crippen LogP contribution in [0.15, 0.2) is 42.5 Å². The lowest BCUT2D eigenvalue weighted by Gasteiger charge is -2.12. The Balaban J connectivity index is 1.83. The number of nitrogens with zero attached hydrogens (tertiary/aromatic N) is 2. The van der Waals surface area contributed by atoms with Gasteiger partial charge in [-0.25, -0.2) is 4.98 Å². The average Bonchev–Trinajstić information content (AvgIpc) is 2.94. The number of alkyl halides is 3. The molecule has 0 bridgehead atoms. The Bertz CT molecular complexity index is 890. The Morgan fingerprint density at radius 2 is 1.96 bits per heavy atom. The van der Waals surface area contributed by atoms with E-state index < -0.39 is 11.7 Å². The zero-order valence-corrected chi connectivity index (χ0v) is 11.8. The number of benzene rings is 2. The van der Waals surface area contributed by atoms with E-state index in [4.69, 9.17) is 5.26 Å². The maximum atomic E-state index is 12.9. The fraction of sp³-hybridized carbons (Fsp3) is 0.125. The molecule has 0 radical (unpaired) electrons. The van der Waals surface area contributed by atoms with Crippen LogP contribution < -0.4 is 5.32 Å². The van der Waals surface area contributed by atoms with E-state index >= 15 is 0 Å². The molecule has 116 valence electrons. The molecule has 23 heavy (non-hydrogen) atoms. The van der Waals surface area contributed by atoms with Crippen molar-refractivity contribution in [3.63, 3.8) is 0 Å². The number of aromatic amines is 1. The standard InChI is InChI=1S/C16H11F3N4/c17-16(18,19)12-4-2-1-3-11(12)9-21-15-22-13-6-5-10(8-20)7-14(13)23-15/h1-7H,9H2,(H2,21,22,23). The highest BCUT2D eigenvalue weighted by atomic mass is 19.4. The van der Waals surface area contributed by atoms with Gasteiger partial charge in [-0.2, -0.15) is 18.4 Å². The molecule has 1 heterocycles. The fourth-order valence-corrected chi connectivity index (χ4v) is 2.29. The molecule has 0 unspecified atom stereocenters. The van der Waals surface area contributed by atoms with Gasteiger partial charge in [-0.15, -0.1) is 0 Å². The summed E-state index contributed by atoms with van der Waals surface area (Å²) in [5, 5.41) is 11.7. The molecule has 2 N–H and O–H groups in total. The summed E-state index contributed by atoms with van der Waals surface area (Å²) in [6.45, 7) is -0.0133. The molecule has 0 fully saturated rings. The number of nitrogens with one attached hydrogen (secondary N) is 2. The van der Waals surface area contributed by atoms with Crippen LogP contribution in [0.25, 0.3) is 11.0 Å². The van der Waals surface area contributed by atoms with E-state index in [1.165, 1.54) is 12.1 Å². The number of imidazole rings is 1. The zero-order valence-electron chi connectivity index (χ0n) is 11.8. The van der Waals surface area contributed by atoms with Crippen LogP contribution in [0.2, 0.25) is 0 Å². The van der Waals surface area contributed by atoms with Gasteiger partial charge in [0.2, 0.25) is 5.95 Å². The minimum Gasteiger partial charge on any atom is -0.352 e. The van der Waals surface area contributed by atoms with Gasteiger partial charge in [-0.05, 0) is 29.8 Å². The second-order valence-electron chi connectivity index (χ2n) is 4.94. The lowest BCUT2D eigenvalue weighted by Crippen LogP contribution is -2.12. The summed E-state index contributed by atoms with van der Waals surface area (Å²) in [4.78, 5) is 7.18. The number of halogens is 3. The second-order valence-corrected chi connectivity index (χ2v) is 4.94. The predicted octanol–water partition coefficient (Wildman–Crippen LogP) is 4.07. The molecule has 0 saturated carbocycles. The number of nitriles is 1. The number of hydrogen-bond acceptors (Lipinski definition) is 3. The van der Waals surface area contributed by atoms with E-state index in [1.807, 2.05) is 6.07 Å².